The van der Waals surface area contributed by atoms with Crippen LogP contribution in [0.2, 0.25) is 0 Å². The zero-order valence-electron chi connectivity index (χ0n) is 14.8. The number of aromatic nitrogens is 2. The molecule has 3 heterocycles. The fourth-order valence-electron chi connectivity index (χ4n) is 3.75. The maximum Gasteiger partial charge on any atom is 0.268 e. The molecule has 0 unspecified atom stereocenters. The maximum atomic E-state index is 12.6. The van der Waals surface area contributed by atoms with Gasteiger partial charge in [0.1, 0.15) is 11.7 Å². The summed E-state index contributed by atoms with van der Waals surface area (Å²) < 4.78 is 0. The van der Waals surface area contributed by atoms with Crippen LogP contribution in [0.15, 0.2) is 18.3 Å². The van der Waals surface area contributed by atoms with Crippen molar-refractivity contribution >= 4 is 22.7 Å². The van der Waals surface area contributed by atoms with Crippen LogP contribution in [0.5, 0.6) is 0 Å². The number of rotatable bonds is 3. The number of fused-ring (bicyclic) bond motifs is 1. The summed E-state index contributed by atoms with van der Waals surface area (Å²) in [5, 5.41) is 3.77. The predicted octanol–water partition coefficient (Wildman–Crippen LogP) is 2.39. The highest BCUT2D eigenvalue weighted by Crippen LogP contribution is 2.53. The molecule has 2 aliphatic rings. The number of aromatic amines is 1. The van der Waals surface area contributed by atoms with Gasteiger partial charge in [-0.15, -0.1) is 0 Å². The molecule has 25 heavy (non-hydrogen) atoms. The van der Waals surface area contributed by atoms with Crippen LogP contribution in [-0.4, -0.2) is 45.8 Å². The first-order chi connectivity index (χ1) is 12.0. The van der Waals surface area contributed by atoms with Gasteiger partial charge in [-0.25, -0.2) is 0 Å². The van der Waals surface area contributed by atoms with Crippen LogP contribution in [0, 0.1) is 12.3 Å². The van der Waals surface area contributed by atoms with Crippen LogP contribution in [-0.2, 0) is 4.79 Å². The number of nitrogens with one attached hydrogen (secondary N) is 2. The van der Waals surface area contributed by atoms with Crippen molar-refractivity contribution in [3.8, 4) is 0 Å². The Kier molecular flexibility index (Phi) is 3.78. The molecular formula is C19H24N4O2. The molecule has 1 atom stereocenters. The predicted molar refractivity (Wildman–Crippen MR) is 95.2 cm³/mol. The molecule has 1 saturated carbocycles. The summed E-state index contributed by atoms with van der Waals surface area (Å²) in [4.78, 5) is 34.3. The summed E-state index contributed by atoms with van der Waals surface area (Å²) in [5.74, 6) is -0.247. The number of amides is 2. The Labute approximate surface area is 147 Å². The normalized spacial score (nSPS) is 19.8. The highest BCUT2D eigenvalue weighted by atomic mass is 16.2. The molecule has 4 rings (SSSR count). The first kappa shape index (κ1) is 16.1. The van der Waals surface area contributed by atoms with Crippen molar-refractivity contribution in [3.63, 3.8) is 0 Å². The van der Waals surface area contributed by atoms with Gasteiger partial charge in [0.05, 0.1) is 11.7 Å². The first-order valence-electron chi connectivity index (χ1n) is 9.01. The Morgan fingerprint density at radius 3 is 2.64 bits per heavy atom. The second-order valence-electron chi connectivity index (χ2n) is 7.62. The van der Waals surface area contributed by atoms with E-state index >= 15 is 0 Å². The minimum absolute atomic E-state index is 0.0115. The molecule has 1 spiro atoms. The molecule has 1 saturated heterocycles. The van der Waals surface area contributed by atoms with Crippen LogP contribution in [0.1, 0.15) is 48.8 Å². The molecule has 2 fully saturated rings. The van der Waals surface area contributed by atoms with Gasteiger partial charge >= 0.3 is 0 Å². The minimum Gasteiger partial charge on any atom is -0.349 e. The third kappa shape index (κ3) is 3.13. The van der Waals surface area contributed by atoms with Gasteiger partial charge in [0.15, 0.2) is 0 Å². The van der Waals surface area contributed by atoms with Crippen LogP contribution >= 0.6 is 0 Å². The molecule has 1 aliphatic carbocycles. The van der Waals surface area contributed by atoms with Gasteiger partial charge in [-0.1, -0.05) is 0 Å². The molecule has 6 heteroatoms. The van der Waals surface area contributed by atoms with E-state index < -0.39 is 6.04 Å². The van der Waals surface area contributed by atoms with E-state index in [4.69, 9.17) is 0 Å². The van der Waals surface area contributed by atoms with Gasteiger partial charge in [0, 0.05) is 24.2 Å². The topological polar surface area (TPSA) is 78.1 Å². The van der Waals surface area contributed by atoms with Crippen molar-refractivity contribution in [2.24, 2.45) is 5.41 Å². The number of piperidine rings is 1. The number of nitrogens with zero attached hydrogens (tertiary/aromatic N) is 2. The Hall–Kier alpha value is -2.37. The molecule has 6 nitrogen and oxygen atoms in total. The van der Waals surface area contributed by atoms with Crippen LogP contribution in [0.25, 0.3) is 10.9 Å². The fourth-order valence-corrected chi connectivity index (χ4v) is 3.75. The maximum absolute atomic E-state index is 12.6. The van der Waals surface area contributed by atoms with E-state index in [9.17, 15) is 9.59 Å². The van der Waals surface area contributed by atoms with Gasteiger partial charge in [0.25, 0.3) is 5.91 Å². The number of pyridine rings is 1. The first-order valence-corrected chi connectivity index (χ1v) is 9.01. The minimum atomic E-state index is -0.521. The highest BCUT2D eigenvalue weighted by Gasteiger charge is 2.45. The van der Waals surface area contributed by atoms with E-state index in [2.05, 4.69) is 15.3 Å². The highest BCUT2D eigenvalue weighted by molar-refractivity contribution is 6.00. The van der Waals surface area contributed by atoms with Crippen molar-refractivity contribution in [2.75, 3.05) is 13.1 Å². The van der Waals surface area contributed by atoms with Gasteiger partial charge in [-0.3, -0.25) is 14.6 Å². The summed E-state index contributed by atoms with van der Waals surface area (Å²) in [6.07, 6.45) is 6.56. The zero-order valence-corrected chi connectivity index (χ0v) is 14.8. The largest absolute Gasteiger partial charge is 0.349 e. The monoisotopic (exact) mass is 340 g/mol. The quantitative estimate of drug-likeness (QED) is 0.900. The van der Waals surface area contributed by atoms with Gasteiger partial charge < -0.3 is 15.2 Å². The molecule has 2 aromatic rings. The van der Waals surface area contributed by atoms with Crippen molar-refractivity contribution in [1.29, 1.82) is 0 Å². The number of carbonyl (C=O) groups is 2. The second kappa shape index (κ2) is 5.86. The average Bonchev–Trinajstić information content (AvgIpc) is 3.21. The zero-order chi connectivity index (χ0) is 17.6. The summed E-state index contributed by atoms with van der Waals surface area (Å²) in [6, 6.07) is 3.21. The lowest BCUT2D eigenvalue weighted by atomic mass is 9.93. The lowest BCUT2D eigenvalue weighted by molar-refractivity contribution is -0.134. The lowest BCUT2D eigenvalue weighted by Gasteiger charge is -2.33. The van der Waals surface area contributed by atoms with Crippen molar-refractivity contribution in [1.82, 2.24) is 20.2 Å². The van der Waals surface area contributed by atoms with E-state index in [0.717, 1.165) is 42.5 Å². The van der Waals surface area contributed by atoms with Gasteiger partial charge in [-0.05, 0) is 57.1 Å². The number of carbonyl (C=O) groups excluding carboxylic acids is 2. The van der Waals surface area contributed by atoms with Crippen molar-refractivity contribution in [3.05, 3.63) is 29.7 Å². The number of hydrogen-bond acceptors (Lipinski definition) is 3. The van der Waals surface area contributed by atoms with Gasteiger partial charge in [-0.2, -0.15) is 0 Å². The standard InChI is InChI=1S/C19H24N4O2/c1-12-9-14-10-15(22-16(14)11-20-12)17(24)21-13(2)18(25)23-7-5-19(3-4-19)6-8-23/h9-11,13,22H,3-8H2,1-2H3,(H,21,24)/t13-/m1/s1. The number of hydrogen-bond donors (Lipinski definition) is 2. The van der Waals surface area contributed by atoms with Crippen LogP contribution in [0.3, 0.4) is 0 Å². The Morgan fingerprint density at radius 1 is 1.24 bits per heavy atom. The number of aryl methyl sites for hydroxylation is 1. The van der Waals surface area contributed by atoms with Crippen LogP contribution in [0.4, 0.5) is 0 Å². The summed E-state index contributed by atoms with van der Waals surface area (Å²) in [5.41, 5.74) is 2.72. The Morgan fingerprint density at radius 2 is 1.96 bits per heavy atom. The fraction of sp³-hybridized carbons (Fsp3) is 0.526. The molecule has 0 bridgehead atoms. The molecule has 2 amide bonds. The SMILES string of the molecule is Cc1cc2cc(C(=O)N[C@H](C)C(=O)N3CCC4(CC3)CC4)[nH]c2cn1. The molecule has 2 aromatic heterocycles. The number of H-pyrrole nitrogens is 1. The smallest absolute Gasteiger partial charge is 0.268 e. The Bertz CT molecular complexity index is 827. The summed E-state index contributed by atoms with van der Waals surface area (Å²) >= 11 is 0. The molecular weight excluding hydrogens is 316 g/mol. The van der Waals surface area contributed by atoms with E-state index in [-0.39, 0.29) is 11.8 Å². The van der Waals surface area contributed by atoms with Crippen molar-refractivity contribution < 1.29 is 9.59 Å². The van der Waals surface area contributed by atoms with E-state index in [0.29, 0.717) is 11.1 Å². The van der Waals surface area contributed by atoms with Gasteiger partial charge in [0.2, 0.25) is 5.91 Å². The average molecular weight is 340 g/mol. The third-order valence-corrected chi connectivity index (χ3v) is 5.70. The summed E-state index contributed by atoms with van der Waals surface area (Å²) in [6.45, 7) is 5.31. The van der Waals surface area contributed by atoms with E-state index in [1.165, 1.54) is 12.8 Å². The molecule has 0 radical (unpaired) electrons. The van der Waals surface area contributed by atoms with Crippen molar-refractivity contribution in [2.45, 2.75) is 45.6 Å². The van der Waals surface area contributed by atoms with E-state index in [1.54, 1.807) is 19.2 Å². The third-order valence-electron chi connectivity index (χ3n) is 5.70. The molecule has 2 N–H and O–H groups in total. The molecule has 1 aliphatic heterocycles. The Balaban J connectivity index is 1.39. The molecule has 132 valence electrons. The lowest BCUT2D eigenvalue weighted by Crippen LogP contribution is -2.49. The second-order valence-corrected chi connectivity index (χ2v) is 7.62. The number of likely N-dealkylation sites (tertiary alicyclic amines) is 1. The summed E-state index contributed by atoms with van der Waals surface area (Å²) in [7, 11) is 0. The molecule has 0 aromatic carbocycles. The van der Waals surface area contributed by atoms with Crippen LogP contribution < -0.4 is 5.32 Å². The van der Waals surface area contributed by atoms with E-state index in [1.807, 2.05) is 17.9 Å².